The van der Waals surface area contributed by atoms with Gasteiger partial charge in [0.05, 0.1) is 17.0 Å². The second-order valence-electron chi connectivity index (χ2n) is 13.0. The average molecular weight is 741 g/mol. The second-order valence-corrected chi connectivity index (χ2v) is 14.8. The third kappa shape index (κ3) is 9.93. The molecule has 0 bridgehead atoms. The van der Waals surface area contributed by atoms with Crippen LogP contribution in [0, 0.1) is 0 Å². The van der Waals surface area contributed by atoms with E-state index in [4.69, 9.17) is 9.53 Å². The summed E-state index contributed by atoms with van der Waals surface area (Å²) >= 11 is 0. The van der Waals surface area contributed by atoms with Gasteiger partial charge in [0.1, 0.15) is 12.4 Å². The van der Waals surface area contributed by atoms with Gasteiger partial charge in [0.2, 0.25) is 22.3 Å². The van der Waals surface area contributed by atoms with Crippen LogP contribution in [0.15, 0.2) is 72.8 Å². The normalized spacial score (nSPS) is 15.2. The Morgan fingerprint density at radius 3 is 2.35 bits per heavy atom. The highest BCUT2D eigenvalue weighted by Gasteiger charge is 2.30. The summed E-state index contributed by atoms with van der Waals surface area (Å²) in [5.41, 5.74) is 7.45. The number of alkyl halides is 3. The Hall–Kier alpha value is -4.85. The van der Waals surface area contributed by atoms with Crippen molar-refractivity contribution in [1.82, 2.24) is 14.2 Å². The number of nitrogens with zero attached hydrogens (tertiary/aromatic N) is 2. The zero-order valence-electron chi connectivity index (χ0n) is 28.7. The fourth-order valence-electron chi connectivity index (χ4n) is 7.04. The Bertz CT molecular complexity index is 2030. The van der Waals surface area contributed by atoms with Gasteiger partial charge in [-0.1, -0.05) is 55.3 Å². The van der Waals surface area contributed by atoms with Crippen molar-refractivity contribution in [2.45, 2.75) is 76.6 Å². The van der Waals surface area contributed by atoms with Crippen LogP contribution in [0.1, 0.15) is 78.9 Å². The molecule has 1 saturated heterocycles. The lowest BCUT2D eigenvalue weighted by Gasteiger charge is -2.18. The molecule has 3 aromatic carbocycles. The van der Waals surface area contributed by atoms with Crippen LogP contribution in [0.5, 0.6) is 5.75 Å². The van der Waals surface area contributed by atoms with E-state index in [1.54, 1.807) is 0 Å². The molecule has 0 unspecified atom stereocenters. The molecule has 0 spiro atoms. The number of halogens is 3. The highest BCUT2D eigenvalue weighted by molar-refractivity contribution is 7.90. The van der Waals surface area contributed by atoms with Crippen molar-refractivity contribution in [2.75, 3.05) is 18.8 Å². The number of carbonyl (C=O) groups excluding carboxylic acids is 3. The number of hydrogen-bond acceptors (Lipinski definition) is 6. The Balaban J connectivity index is 0.00000168. The van der Waals surface area contributed by atoms with Crippen molar-refractivity contribution in [1.29, 1.82) is 0 Å². The molecule has 2 aliphatic rings. The van der Waals surface area contributed by atoms with Crippen LogP contribution in [-0.4, -0.2) is 61.1 Å². The monoisotopic (exact) mass is 740 g/mol. The number of fused-ring (bicyclic) bond motifs is 2. The van der Waals surface area contributed by atoms with Gasteiger partial charge in [-0.25, -0.2) is 8.42 Å². The minimum absolute atomic E-state index is 0.0577. The van der Waals surface area contributed by atoms with Crippen LogP contribution >= 0.6 is 0 Å². The molecule has 2 fully saturated rings. The summed E-state index contributed by atoms with van der Waals surface area (Å²) in [4.78, 5) is 37.3. The standard InChI is InChI=1S/C37H40F3N3O5S.CH3NO/c38-37(39,40)18-8-22-49(46,47)41-34(44)13-7-21-43-32-17-15-29(26-9-1-2-10-26)24-31(32)35(36(45)42-19-5-6-20-42)33(43)25-48-30-16-14-27-11-3-4-12-28(27)23-30;2-1-3/h3-4,8,11-12,14-18,23-24,26H,1-2,5-7,9-10,13,19-22,25H2,(H,41,44);1H,(H2,2,3). The summed E-state index contributed by atoms with van der Waals surface area (Å²) < 4.78 is 71.9. The molecule has 278 valence electrons. The van der Waals surface area contributed by atoms with Crippen molar-refractivity contribution in [3.8, 4) is 5.75 Å². The molecule has 3 N–H and O–H groups in total. The summed E-state index contributed by atoms with van der Waals surface area (Å²) in [6.07, 6.45) is 2.33. The van der Waals surface area contributed by atoms with Crippen LogP contribution in [-0.2, 0) is 32.8 Å². The van der Waals surface area contributed by atoms with Crippen molar-refractivity contribution in [3.63, 3.8) is 0 Å². The molecule has 0 radical (unpaired) electrons. The van der Waals surface area contributed by atoms with Crippen LogP contribution in [0.3, 0.4) is 0 Å². The molecule has 2 heterocycles. The third-order valence-electron chi connectivity index (χ3n) is 9.40. The maximum absolute atomic E-state index is 14.3. The van der Waals surface area contributed by atoms with E-state index in [0.29, 0.717) is 42.1 Å². The van der Waals surface area contributed by atoms with Gasteiger partial charge in [-0.15, -0.1) is 0 Å². The van der Waals surface area contributed by atoms with Crippen LogP contribution < -0.4 is 15.2 Å². The Morgan fingerprint density at radius 2 is 1.65 bits per heavy atom. The highest BCUT2D eigenvalue weighted by atomic mass is 32.2. The van der Waals surface area contributed by atoms with E-state index >= 15 is 0 Å². The first-order valence-electron chi connectivity index (χ1n) is 17.4. The number of aryl methyl sites for hydroxylation is 1. The molecule has 0 atom stereocenters. The van der Waals surface area contributed by atoms with Crippen LogP contribution in [0.25, 0.3) is 21.7 Å². The molecule has 3 amide bonds. The van der Waals surface area contributed by atoms with E-state index in [0.717, 1.165) is 47.4 Å². The van der Waals surface area contributed by atoms with Crippen molar-refractivity contribution < 1.29 is 40.7 Å². The topological polar surface area (TPSA) is 141 Å². The second kappa shape index (κ2) is 17.1. The number of nitrogens with one attached hydrogen (secondary N) is 1. The Kier molecular flexibility index (Phi) is 12.6. The SMILES string of the molecule is NC=O.O=C(CCCn1c(COc2ccc3ccccc3c2)c(C(=O)N2CCCC2)c2cc(C3CCCC3)ccc21)NS(=O)(=O)CC=CC(F)(F)F. The number of nitrogens with two attached hydrogens (primary N) is 1. The quantitative estimate of drug-likeness (QED) is 0.122. The van der Waals surface area contributed by atoms with Gasteiger partial charge in [0.15, 0.2) is 0 Å². The lowest BCUT2D eigenvalue weighted by Crippen LogP contribution is -2.32. The largest absolute Gasteiger partial charge is 0.487 e. The first-order valence-corrected chi connectivity index (χ1v) is 19.0. The van der Waals surface area contributed by atoms with Crippen LogP contribution in [0.4, 0.5) is 13.2 Å². The predicted molar refractivity (Wildman–Crippen MR) is 193 cm³/mol. The average Bonchev–Trinajstić information content (AvgIpc) is 3.88. The smallest absolute Gasteiger partial charge is 0.409 e. The number of allylic oxidation sites excluding steroid dienone is 1. The summed E-state index contributed by atoms with van der Waals surface area (Å²) in [6, 6.07) is 20.1. The van der Waals surface area contributed by atoms with Crippen LogP contribution in [0.2, 0.25) is 0 Å². The number of aromatic nitrogens is 1. The number of hydrogen-bond donors (Lipinski definition) is 2. The molecule has 10 nitrogen and oxygen atoms in total. The molecule has 14 heteroatoms. The van der Waals surface area contributed by atoms with Gasteiger partial charge < -0.3 is 19.9 Å². The van der Waals surface area contributed by atoms with Crippen molar-refractivity contribution in [2.24, 2.45) is 5.73 Å². The molecule has 1 aliphatic carbocycles. The zero-order valence-corrected chi connectivity index (χ0v) is 29.6. The predicted octanol–water partition coefficient (Wildman–Crippen LogP) is 6.71. The number of ether oxygens (including phenoxy) is 1. The fraction of sp³-hybridized carbons (Fsp3) is 0.395. The van der Waals surface area contributed by atoms with E-state index in [1.807, 2.05) is 62.7 Å². The number of sulfonamides is 1. The van der Waals surface area contributed by atoms with E-state index in [9.17, 15) is 31.2 Å². The molecular formula is C38H43F3N4O6S. The maximum atomic E-state index is 14.3. The Morgan fingerprint density at radius 1 is 0.962 bits per heavy atom. The molecule has 1 aromatic heterocycles. The molecule has 6 rings (SSSR count). The fourth-order valence-corrected chi connectivity index (χ4v) is 7.92. The number of benzene rings is 3. The Labute approximate surface area is 300 Å². The number of amides is 3. The summed E-state index contributed by atoms with van der Waals surface area (Å²) in [5, 5.41) is 2.93. The van der Waals surface area contributed by atoms with Gasteiger partial charge in [0.25, 0.3) is 5.91 Å². The number of carbonyl (C=O) groups is 3. The van der Waals surface area contributed by atoms with E-state index in [-0.39, 0.29) is 44.4 Å². The van der Waals surface area contributed by atoms with E-state index < -0.39 is 27.9 Å². The molecule has 1 saturated carbocycles. The minimum Gasteiger partial charge on any atom is -0.487 e. The lowest BCUT2D eigenvalue weighted by molar-refractivity contribution is -0.119. The first kappa shape index (κ1) is 38.4. The van der Waals surface area contributed by atoms with Gasteiger partial charge in [-0.3, -0.25) is 19.1 Å². The minimum atomic E-state index is -4.65. The summed E-state index contributed by atoms with van der Waals surface area (Å²) in [6.45, 7) is 1.72. The number of rotatable bonds is 12. The first-order chi connectivity index (χ1) is 24.9. The van der Waals surface area contributed by atoms with Crippen molar-refractivity contribution in [3.05, 3.63) is 89.6 Å². The highest BCUT2D eigenvalue weighted by Crippen LogP contribution is 2.38. The molecule has 1 aliphatic heterocycles. The third-order valence-corrected chi connectivity index (χ3v) is 10.6. The molecular weight excluding hydrogens is 698 g/mol. The summed E-state index contributed by atoms with van der Waals surface area (Å²) in [7, 11) is -4.29. The lowest BCUT2D eigenvalue weighted by atomic mass is 9.95. The number of primary amides is 1. The number of likely N-dealkylation sites (tertiary alicyclic amines) is 1. The maximum Gasteiger partial charge on any atom is 0.409 e. The summed E-state index contributed by atoms with van der Waals surface area (Å²) in [5.74, 6) is -0.773. The van der Waals surface area contributed by atoms with Crippen molar-refractivity contribution >= 4 is 49.9 Å². The van der Waals surface area contributed by atoms with Gasteiger partial charge in [-0.05, 0) is 78.6 Å². The van der Waals surface area contributed by atoms with E-state index in [2.05, 4.69) is 17.9 Å². The van der Waals surface area contributed by atoms with Gasteiger partial charge in [-0.2, -0.15) is 13.2 Å². The van der Waals surface area contributed by atoms with E-state index in [1.165, 1.54) is 18.4 Å². The van der Waals surface area contributed by atoms with Gasteiger partial charge >= 0.3 is 6.18 Å². The molecule has 4 aromatic rings. The zero-order chi connectivity index (χ0) is 37.3. The molecule has 52 heavy (non-hydrogen) atoms. The van der Waals surface area contributed by atoms with Gasteiger partial charge in [0, 0.05) is 43.0 Å².